The van der Waals surface area contributed by atoms with Crippen LogP contribution in [0.2, 0.25) is 0 Å². The molecule has 4 aromatic rings. The number of nitrogens with one attached hydrogen (secondary N) is 1. The highest BCUT2D eigenvalue weighted by molar-refractivity contribution is 5.93. The van der Waals surface area contributed by atoms with Crippen molar-refractivity contribution in [2.45, 2.75) is 6.92 Å². The van der Waals surface area contributed by atoms with Crippen molar-refractivity contribution < 1.29 is 14.1 Å². The smallest absolute Gasteiger partial charge is 0.272 e. The van der Waals surface area contributed by atoms with E-state index in [-0.39, 0.29) is 5.91 Å². The molecule has 4 heterocycles. The molecule has 1 saturated heterocycles. The van der Waals surface area contributed by atoms with E-state index < -0.39 is 0 Å². The van der Waals surface area contributed by atoms with Crippen molar-refractivity contribution in [3.8, 4) is 28.4 Å². The second kappa shape index (κ2) is 8.73. The van der Waals surface area contributed by atoms with Gasteiger partial charge in [-0.2, -0.15) is 10.1 Å². The van der Waals surface area contributed by atoms with Crippen LogP contribution in [0.5, 0.6) is 5.75 Å². The van der Waals surface area contributed by atoms with Gasteiger partial charge >= 0.3 is 0 Å². The van der Waals surface area contributed by atoms with Crippen molar-refractivity contribution in [2.75, 3.05) is 38.2 Å². The van der Waals surface area contributed by atoms with E-state index in [1.165, 1.54) is 0 Å². The Kier molecular flexibility index (Phi) is 5.47. The van der Waals surface area contributed by atoms with E-state index in [2.05, 4.69) is 30.2 Å². The van der Waals surface area contributed by atoms with Crippen molar-refractivity contribution >= 4 is 11.7 Å². The number of piperazine rings is 1. The number of rotatable bonds is 5. The molecule has 0 radical (unpaired) electrons. The van der Waals surface area contributed by atoms with Gasteiger partial charge in [0.1, 0.15) is 17.3 Å². The molecule has 1 aliphatic heterocycles. The highest BCUT2D eigenvalue weighted by Crippen LogP contribution is 2.28. The summed E-state index contributed by atoms with van der Waals surface area (Å²) in [6.45, 7) is 4.31. The Bertz CT molecular complexity index is 1260. The van der Waals surface area contributed by atoms with Gasteiger partial charge in [0.25, 0.3) is 5.91 Å². The van der Waals surface area contributed by atoms with E-state index in [1.54, 1.807) is 26.3 Å². The molecule has 0 atom stereocenters. The molecule has 0 spiro atoms. The summed E-state index contributed by atoms with van der Waals surface area (Å²) in [5.74, 6) is 2.53. The van der Waals surface area contributed by atoms with Gasteiger partial charge < -0.3 is 19.1 Å². The molecule has 1 N–H and O–H groups in total. The van der Waals surface area contributed by atoms with Gasteiger partial charge in [-0.3, -0.25) is 9.89 Å². The summed E-state index contributed by atoms with van der Waals surface area (Å²) in [6, 6.07) is 13.2. The maximum Gasteiger partial charge on any atom is 0.272 e. The summed E-state index contributed by atoms with van der Waals surface area (Å²) >= 11 is 0. The fourth-order valence-electron chi connectivity index (χ4n) is 3.86. The number of amides is 1. The predicted octanol–water partition coefficient (Wildman–Crippen LogP) is 2.80. The van der Waals surface area contributed by atoms with Gasteiger partial charge in [0.15, 0.2) is 0 Å². The third kappa shape index (κ3) is 4.14. The molecule has 168 valence electrons. The van der Waals surface area contributed by atoms with Gasteiger partial charge in [-0.1, -0.05) is 17.3 Å². The molecule has 0 saturated carbocycles. The number of benzene rings is 1. The van der Waals surface area contributed by atoms with Crippen LogP contribution in [0.3, 0.4) is 0 Å². The van der Waals surface area contributed by atoms with Crippen molar-refractivity contribution in [3.05, 3.63) is 60.2 Å². The Morgan fingerprint density at radius 3 is 2.64 bits per heavy atom. The van der Waals surface area contributed by atoms with Crippen LogP contribution in [-0.4, -0.2) is 69.4 Å². The molecule has 10 nitrogen and oxygen atoms in total. The molecule has 33 heavy (non-hydrogen) atoms. The zero-order valence-electron chi connectivity index (χ0n) is 18.4. The number of pyridine rings is 1. The van der Waals surface area contributed by atoms with Crippen LogP contribution in [0.4, 0.5) is 5.82 Å². The van der Waals surface area contributed by atoms with Crippen LogP contribution < -0.4 is 9.64 Å². The molecule has 0 unspecified atom stereocenters. The Morgan fingerprint density at radius 2 is 1.94 bits per heavy atom. The summed E-state index contributed by atoms with van der Waals surface area (Å²) in [4.78, 5) is 25.8. The van der Waals surface area contributed by atoms with Crippen LogP contribution in [0.1, 0.15) is 16.4 Å². The number of hydrogen-bond acceptors (Lipinski definition) is 8. The van der Waals surface area contributed by atoms with Crippen LogP contribution in [0, 0.1) is 6.92 Å². The number of aryl methyl sites for hydroxylation is 1. The van der Waals surface area contributed by atoms with Gasteiger partial charge in [0.05, 0.1) is 12.8 Å². The van der Waals surface area contributed by atoms with Gasteiger partial charge in [0, 0.05) is 50.4 Å². The first-order chi connectivity index (χ1) is 16.1. The van der Waals surface area contributed by atoms with E-state index in [9.17, 15) is 4.79 Å². The molecule has 0 bridgehead atoms. The lowest BCUT2D eigenvalue weighted by atomic mass is 10.1. The minimum Gasteiger partial charge on any atom is -0.496 e. The fourth-order valence-corrected chi connectivity index (χ4v) is 3.86. The lowest BCUT2D eigenvalue weighted by Crippen LogP contribution is -2.49. The summed E-state index contributed by atoms with van der Waals surface area (Å²) in [6.07, 6.45) is 1.74. The first-order valence-corrected chi connectivity index (χ1v) is 10.6. The summed E-state index contributed by atoms with van der Waals surface area (Å²) in [5, 5.41) is 11.1. The number of para-hydroxylation sites is 1. The molecule has 1 aromatic carbocycles. The molecular formula is C23H23N7O3. The number of anilines is 1. The number of H-pyrrole nitrogens is 1. The number of carbonyl (C=O) groups excluding carboxylic acids is 1. The fraction of sp³-hybridized carbons (Fsp3) is 0.261. The standard InChI is InChI=1S/C23H23N7O3/c1-15-25-22(28-33-15)16-7-8-21(24-14-16)29-9-11-30(12-10-29)23(31)19-13-18(26-27-19)17-5-3-4-6-20(17)32-2/h3-8,13-14H,9-12H2,1-2H3,(H,26,27). The van der Waals surface area contributed by atoms with Gasteiger partial charge in [0.2, 0.25) is 11.7 Å². The van der Waals surface area contributed by atoms with Gasteiger partial charge in [-0.05, 0) is 30.3 Å². The summed E-state index contributed by atoms with van der Waals surface area (Å²) in [5.41, 5.74) is 2.78. The van der Waals surface area contributed by atoms with E-state index in [1.807, 2.05) is 41.3 Å². The lowest BCUT2D eigenvalue weighted by molar-refractivity contribution is 0.0740. The van der Waals surface area contributed by atoms with Crippen LogP contribution in [-0.2, 0) is 0 Å². The Hall–Kier alpha value is -4.21. The Labute approximate surface area is 190 Å². The van der Waals surface area contributed by atoms with E-state index in [4.69, 9.17) is 9.26 Å². The molecule has 0 aliphatic carbocycles. The molecule has 1 aliphatic rings. The first kappa shape index (κ1) is 20.7. The predicted molar refractivity (Wildman–Crippen MR) is 121 cm³/mol. The minimum atomic E-state index is -0.0703. The van der Waals surface area contributed by atoms with Crippen molar-refractivity contribution in [3.63, 3.8) is 0 Å². The second-order valence-corrected chi connectivity index (χ2v) is 7.69. The monoisotopic (exact) mass is 445 g/mol. The number of nitrogens with zero attached hydrogens (tertiary/aromatic N) is 6. The molecule has 5 rings (SSSR count). The third-order valence-electron chi connectivity index (χ3n) is 5.62. The first-order valence-electron chi connectivity index (χ1n) is 10.6. The largest absolute Gasteiger partial charge is 0.496 e. The highest BCUT2D eigenvalue weighted by atomic mass is 16.5. The molecule has 1 fully saturated rings. The van der Waals surface area contributed by atoms with Crippen LogP contribution >= 0.6 is 0 Å². The molecule has 3 aromatic heterocycles. The topological polar surface area (TPSA) is 113 Å². The maximum absolute atomic E-state index is 13.0. The summed E-state index contributed by atoms with van der Waals surface area (Å²) < 4.78 is 10.4. The number of hydrogen-bond donors (Lipinski definition) is 1. The van der Waals surface area contributed by atoms with E-state index >= 15 is 0 Å². The minimum absolute atomic E-state index is 0.0703. The van der Waals surface area contributed by atoms with Crippen LogP contribution in [0.25, 0.3) is 22.6 Å². The average molecular weight is 445 g/mol. The molecule has 10 heteroatoms. The quantitative estimate of drug-likeness (QED) is 0.499. The van der Waals surface area contributed by atoms with Crippen molar-refractivity contribution in [2.24, 2.45) is 0 Å². The number of aromatic nitrogens is 5. The summed E-state index contributed by atoms with van der Waals surface area (Å²) in [7, 11) is 1.62. The highest BCUT2D eigenvalue weighted by Gasteiger charge is 2.25. The lowest BCUT2D eigenvalue weighted by Gasteiger charge is -2.35. The Morgan fingerprint density at radius 1 is 1.12 bits per heavy atom. The zero-order valence-corrected chi connectivity index (χ0v) is 18.4. The van der Waals surface area contributed by atoms with Gasteiger partial charge in [-0.25, -0.2) is 4.98 Å². The van der Waals surface area contributed by atoms with Gasteiger partial charge in [-0.15, -0.1) is 0 Å². The number of ether oxygens (including phenoxy) is 1. The van der Waals surface area contributed by atoms with Crippen molar-refractivity contribution in [1.82, 2.24) is 30.2 Å². The van der Waals surface area contributed by atoms with Crippen molar-refractivity contribution in [1.29, 1.82) is 0 Å². The molecule has 1 amide bonds. The maximum atomic E-state index is 13.0. The Balaban J connectivity index is 1.22. The second-order valence-electron chi connectivity index (χ2n) is 7.69. The molecular weight excluding hydrogens is 422 g/mol. The van der Waals surface area contributed by atoms with E-state index in [0.717, 1.165) is 16.9 Å². The third-order valence-corrected chi connectivity index (χ3v) is 5.62. The number of aromatic amines is 1. The van der Waals surface area contributed by atoms with Crippen LogP contribution in [0.15, 0.2) is 53.2 Å². The number of carbonyl (C=O) groups is 1. The normalized spacial score (nSPS) is 13.9. The SMILES string of the molecule is COc1ccccc1-c1cc(C(=O)N2CCN(c3ccc(-c4noc(C)n4)cn3)CC2)[nH]n1. The van der Waals surface area contributed by atoms with E-state index in [0.29, 0.717) is 55.0 Å². The average Bonchev–Trinajstić information content (AvgIpc) is 3.53. The number of methoxy groups -OCH3 is 1. The zero-order chi connectivity index (χ0) is 22.8.